The maximum absolute atomic E-state index is 11.5. The Morgan fingerprint density at radius 1 is 1.64 bits per heavy atom. The van der Waals surface area contributed by atoms with Crippen molar-refractivity contribution in [3.05, 3.63) is 12.7 Å². The van der Waals surface area contributed by atoms with Crippen LogP contribution in [0.15, 0.2) is 12.7 Å². The SMILES string of the molecule is C=CCN(C(=O)OCC)C1(C=O)CC1. The van der Waals surface area contributed by atoms with Gasteiger partial charge in [-0.05, 0) is 19.8 Å². The maximum atomic E-state index is 11.5. The van der Waals surface area contributed by atoms with Crippen molar-refractivity contribution in [3.8, 4) is 0 Å². The summed E-state index contributed by atoms with van der Waals surface area (Å²) in [6.45, 7) is 5.97. The first-order valence-electron chi connectivity index (χ1n) is 4.72. The molecule has 0 saturated heterocycles. The zero-order valence-electron chi connectivity index (χ0n) is 8.36. The summed E-state index contributed by atoms with van der Waals surface area (Å²) in [6, 6.07) is 0. The predicted molar refractivity (Wildman–Crippen MR) is 52.0 cm³/mol. The van der Waals surface area contributed by atoms with Gasteiger partial charge in [0.05, 0.1) is 6.61 Å². The number of rotatable bonds is 5. The van der Waals surface area contributed by atoms with Crippen molar-refractivity contribution in [1.82, 2.24) is 4.90 Å². The average molecular weight is 197 g/mol. The van der Waals surface area contributed by atoms with E-state index in [9.17, 15) is 9.59 Å². The molecule has 14 heavy (non-hydrogen) atoms. The number of hydrogen-bond donors (Lipinski definition) is 0. The fraction of sp³-hybridized carbons (Fsp3) is 0.600. The van der Waals surface area contributed by atoms with Gasteiger partial charge in [-0.2, -0.15) is 0 Å². The lowest BCUT2D eigenvalue weighted by molar-refractivity contribution is -0.113. The Bertz CT molecular complexity index is 246. The summed E-state index contributed by atoms with van der Waals surface area (Å²) in [5, 5.41) is 0. The van der Waals surface area contributed by atoms with E-state index in [0.717, 1.165) is 19.1 Å². The van der Waals surface area contributed by atoms with Crippen LogP contribution in [-0.2, 0) is 9.53 Å². The first kappa shape index (κ1) is 10.8. The highest BCUT2D eigenvalue weighted by Crippen LogP contribution is 2.39. The third-order valence-corrected chi connectivity index (χ3v) is 2.32. The molecule has 1 fully saturated rings. The number of hydrogen-bond acceptors (Lipinski definition) is 3. The van der Waals surface area contributed by atoms with Crippen LogP contribution < -0.4 is 0 Å². The van der Waals surface area contributed by atoms with Crippen LogP contribution in [0, 0.1) is 0 Å². The van der Waals surface area contributed by atoms with Gasteiger partial charge >= 0.3 is 6.09 Å². The number of nitrogens with zero attached hydrogens (tertiary/aromatic N) is 1. The van der Waals surface area contributed by atoms with E-state index < -0.39 is 11.6 Å². The molecule has 4 nitrogen and oxygen atoms in total. The van der Waals surface area contributed by atoms with Crippen molar-refractivity contribution in [2.45, 2.75) is 25.3 Å². The van der Waals surface area contributed by atoms with Crippen molar-refractivity contribution >= 4 is 12.4 Å². The fourth-order valence-electron chi connectivity index (χ4n) is 1.35. The minimum atomic E-state index is -0.611. The van der Waals surface area contributed by atoms with Crippen LogP contribution in [0.3, 0.4) is 0 Å². The zero-order valence-corrected chi connectivity index (χ0v) is 8.36. The molecule has 1 amide bonds. The van der Waals surface area contributed by atoms with Gasteiger partial charge in [0, 0.05) is 6.54 Å². The molecule has 1 rings (SSSR count). The van der Waals surface area contributed by atoms with Gasteiger partial charge in [0.1, 0.15) is 11.8 Å². The summed E-state index contributed by atoms with van der Waals surface area (Å²) in [5.74, 6) is 0. The molecule has 0 aromatic rings. The lowest BCUT2D eigenvalue weighted by atomic mass is 10.2. The van der Waals surface area contributed by atoms with E-state index in [1.807, 2.05) is 0 Å². The smallest absolute Gasteiger partial charge is 0.410 e. The minimum Gasteiger partial charge on any atom is -0.450 e. The van der Waals surface area contributed by atoms with Gasteiger partial charge in [-0.1, -0.05) is 6.08 Å². The first-order valence-corrected chi connectivity index (χ1v) is 4.72. The van der Waals surface area contributed by atoms with Crippen LogP contribution >= 0.6 is 0 Å². The largest absolute Gasteiger partial charge is 0.450 e. The van der Waals surface area contributed by atoms with Crippen LogP contribution in [0.1, 0.15) is 19.8 Å². The Balaban J connectivity index is 2.68. The van der Waals surface area contributed by atoms with Gasteiger partial charge in [0.25, 0.3) is 0 Å². The number of aldehydes is 1. The molecule has 1 aliphatic carbocycles. The molecule has 78 valence electrons. The second-order valence-corrected chi connectivity index (χ2v) is 3.32. The normalized spacial score (nSPS) is 16.9. The number of carbonyl (C=O) groups is 2. The highest BCUT2D eigenvalue weighted by Gasteiger charge is 2.50. The van der Waals surface area contributed by atoms with Gasteiger partial charge in [-0.15, -0.1) is 6.58 Å². The highest BCUT2D eigenvalue weighted by molar-refractivity contribution is 5.79. The van der Waals surface area contributed by atoms with Gasteiger partial charge in [-0.3, -0.25) is 4.90 Å². The molecule has 0 N–H and O–H groups in total. The monoisotopic (exact) mass is 197 g/mol. The van der Waals surface area contributed by atoms with E-state index >= 15 is 0 Å². The van der Waals surface area contributed by atoms with Crippen molar-refractivity contribution in [1.29, 1.82) is 0 Å². The number of amides is 1. The van der Waals surface area contributed by atoms with E-state index in [1.54, 1.807) is 13.0 Å². The van der Waals surface area contributed by atoms with Crippen molar-refractivity contribution in [2.24, 2.45) is 0 Å². The molecule has 0 heterocycles. The Morgan fingerprint density at radius 2 is 2.29 bits per heavy atom. The van der Waals surface area contributed by atoms with Gasteiger partial charge in [0.2, 0.25) is 0 Å². The van der Waals surface area contributed by atoms with Crippen LogP contribution in [0.5, 0.6) is 0 Å². The molecule has 1 aliphatic rings. The van der Waals surface area contributed by atoms with Crippen molar-refractivity contribution in [3.63, 3.8) is 0 Å². The summed E-state index contributed by atoms with van der Waals surface area (Å²) in [5.41, 5.74) is -0.611. The Kier molecular flexibility index (Phi) is 3.28. The Morgan fingerprint density at radius 3 is 2.64 bits per heavy atom. The topological polar surface area (TPSA) is 46.6 Å². The summed E-state index contributed by atoms with van der Waals surface area (Å²) in [4.78, 5) is 23.7. The second-order valence-electron chi connectivity index (χ2n) is 3.32. The van der Waals surface area contributed by atoms with E-state index in [1.165, 1.54) is 4.90 Å². The van der Waals surface area contributed by atoms with E-state index in [-0.39, 0.29) is 0 Å². The number of ether oxygens (including phenoxy) is 1. The maximum Gasteiger partial charge on any atom is 0.410 e. The lowest BCUT2D eigenvalue weighted by Crippen LogP contribution is -2.43. The molecule has 0 spiro atoms. The third-order valence-electron chi connectivity index (χ3n) is 2.32. The Hall–Kier alpha value is -1.32. The molecule has 4 heteroatoms. The van der Waals surface area contributed by atoms with Crippen LogP contribution in [0.2, 0.25) is 0 Å². The Labute approximate surface area is 83.5 Å². The quantitative estimate of drug-likeness (QED) is 0.494. The molecule has 0 radical (unpaired) electrons. The molecule has 0 aliphatic heterocycles. The fourth-order valence-corrected chi connectivity index (χ4v) is 1.35. The second kappa shape index (κ2) is 4.26. The molecular formula is C10H15NO3. The summed E-state index contributed by atoms with van der Waals surface area (Å²) in [7, 11) is 0. The summed E-state index contributed by atoms with van der Waals surface area (Å²) >= 11 is 0. The lowest BCUT2D eigenvalue weighted by Gasteiger charge is -2.25. The van der Waals surface area contributed by atoms with Gasteiger partial charge < -0.3 is 9.53 Å². The first-order chi connectivity index (χ1) is 6.70. The standard InChI is InChI=1S/C10H15NO3/c1-3-7-11(9(13)14-4-2)10(8-12)5-6-10/h3,8H,1,4-7H2,2H3. The highest BCUT2D eigenvalue weighted by atomic mass is 16.6. The molecule has 0 unspecified atom stereocenters. The molecule has 0 aromatic carbocycles. The molecule has 1 saturated carbocycles. The number of carbonyl (C=O) groups excluding carboxylic acids is 2. The van der Waals surface area contributed by atoms with Crippen molar-refractivity contribution in [2.75, 3.05) is 13.2 Å². The summed E-state index contributed by atoms with van der Waals surface area (Å²) < 4.78 is 4.87. The zero-order chi connectivity index (χ0) is 10.6. The molecule has 0 bridgehead atoms. The van der Waals surface area contributed by atoms with E-state index in [0.29, 0.717) is 13.2 Å². The average Bonchev–Trinajstić information content (AvgIpc) is 2.95. The van der Waals surface area contributed by atoms with Crippen LogP contribution in [-0.4, -0.2) is 36.0 Å². The third kappa shape index (κ3) is 1.95. The minimum absolute atomic E-state index is 0.321. The molecular weight excluding hydrogens is 182 g/mol. The van der Waals surface area contributed by atoms with Crippen LogP contribution in [0.4, 0.5) is 4.79 Å². The molecule has 0 atom stereocenters. The predicted octanol–water partition coefficient (Wildman–Crippen LogP) is 1.36. The summed E-state index contributed by atoms with van der Waals surface area (Å²) in [6.07, 6.45) is 3.44. The van der Waals surface area contributed by atoms with E-state index in [2.05, 4.69) is 6.58 Å². The van der Waals surface area contributed by atoms with Gasteiger partial charge in [0.15, 0.2) is 0 Å². The van der Waals surface area contributed by atoms with Gasteiger partial charge in [-0.25, -0.2) is 4.79 Å². The van der Waals surface area contributed by atoms with E-state index in [4.69, 9.17) is 4.74 Å². The molecule has 0 aromatic heterocycles. The van der Waals surface area contributed by atoms with Crippen LogP contribution in [0.25, 0.3) is 0 Å². The van der Waals surface area contributed by atoms with Crippen molar-refractivity contribution < 1.29 is 14.3 Å².